The van der Waals surface area contributed by atoms with E-state index in [9.17, 15) is 18.0 Å². The number of halogens is 3. The molecule has 0 unspecified atom stereocenters. The first-order valence-corrected chi connectivity index (χ1v) is 15.9. The number of nitrogens with zero attached hydrogens (tertiary/aromatic N) is 6. The molecule has 228 valence electrons. The number of piperazine rings is 1. The van der Waals surface area contributed by atoms with Gasteiger partial charge < -0.3 is 9.80 Å². The zero-order valence-electron chi connectivity index (χ0n) is 23.6. The summed E-state index contributed by atoms with van der Waals surface area (Å²) in [6.45, 7) is 6.17. The Morgan fingerprint density at radius 1 is 1.14 bits per heavy atom. The molecule has 14 heteroatoms. The van der Waals surface area contributed by atoms with Crippen molar-refractivity contribution in [3.8, 4) is 16.9 Å². The Balaban J connectivity index is 1.63. The van der Waals surface area contributed by atoms with E-state index in [0.29, 0.717) is 12.8 Å². The summed E-state index contributed by atoms with van der Waals surface area (Å²) in [6, 6.07) is 5.90. The molecule has 1 amide bonds. The van der Waals surface area contributed by atoms with Gasteiger partial charge in [-0.15, -0.1) is 0 Å². The van der Waals surface area contributed by atoms with Gasteiger partial charge in [0, 0.05) is 31.9 Å². The number of fused-ring (bicyclic) bond motifs is 1. The van der Waals surface area contributed by atoms with Gasteiger partial charge in [-0.05, 0) is 50.1 Å². The molecule has 44 heavy (non-hydrogen) atoms. The van der Waals surface area contributed by atoms with E-state index < -0.39 is 38.1 Å². The van der Waals surface area contributed by atoms with Crippen molar-refractivity contribution in [3.05, 3.63) is 82.5 Å². The molecule has 0 N–H and O–H groups in total. The summed E-state index contributed by atoms with van der Waals surface area (Å²) in [4.78, 5) is 42.2. The Labute approximate surface area is 256 Å². The largest absolute Gasteiger partial charge is 0.355 e. The Morgan fingerprint density at radius 2 is 1.91 bits per heavy atom. The van der Waals surface area contributed by atoms with Crippen LogP contribution in [0.3, 0.4) is 0 Å². The number of amides is 1. The van der Waals surface area contributed by atoms with Crippen LogP contribution in [0.2, 0.25) is 5.02 Å². The molecule has 1 saturated heterocycles. The molecule has 0 radical (unpaired) electrons. The van der Waals surface area contributed by atoms with Crippen LogP contribution < -0.4 is 10.6 Å². The van der Waals surface area contributed by atoms with Gasteiger partial charge in [0.15, 0.2) is 21.3 Å². The number of pyridine rings is 2. The van der Waals surface area contributed by atoms with Gasteiger partial charge in [-0.25, -0.2) is 31.5 Å². The number of hydrogen-bond donors (Lipinski definition) is 0. The van der Waals surface area contributed by atoms with Crippen molar-refractivity contribution in [1.29, 1.82) is 0 Å². The molecule has 4 heterocycles. The summed E-state index contributed by atoms with van der Waals surface area (Å²) in [6.07, 6.45) is 5.48. The quantitative estimate of drug-likeness (QED) is 0.286. The van der Waals surface area contributed by atoms with Crippen LogP contribution >= 0.6 is 11.6 Å². The van der Waals surface area contributed by atoms with E-state index in [1.165, 1.54) is 36.7 Å². The smallest absolute Gasteiger partial charge is 0.350 e. The molecule has 1 atom stereocenters. The standard InChI is InChI=1S/C30H27ClF2N6O4S/c1-3-25(40)37-12-13-38(17(2)16-37)28-19-14-22(33)27(26-20(31)8-5-9-21(26)32)35-29(19)39(30(41)36-28)23-15-34-11-10-24(23)44(42,43)18-6-4-7-18/h3,5,8-11,14-15,17-18H,1,4,6-7,12-13,16H2,2H3/t17-/m0/s1. The summed E-state index contributed by atoms with van der Waals surface area (Å²) in [5.74, 6) is -1.93. The van der Waals surface area contributed by atoms with Gasteiger partial charge >= 0.3 is 5.69 Å². The van der Waals surface area contributed by atoms with Gasteiger partial charge in [0.25, 0.3) is 0 Å². The van der Waals surface area contributed by atoms with Crippen LogP contribution in [-0.2, 0) is 14.6 Å². The van der Waals surface area contributed by atoms with Crippen molar-refractivity contribution in [2.75, 3.05) is 24.5 Å². The number of rotatable bonds is 6. The first-order valence-electron chi connectivity index (χ1n) is 14.0. The SMILES string of the molecule is C=CC(=O)N1CCN(c2nc(=O)n(-c3cnccc3S(=O)(=O)C3CCC3)c3nc(-c4c(F)cccc4Cl)c(F)cc23)[C@@H](C)C1. The number of sulfone groups is 1. The number of carbonyl (C=O) groups excluding carboxylic acids is 1. The van der Waals surface area contributed by atoms with Crippen LogP contribution in [0.4, 0.5) is 14.6 Å². The fraction of sp³-hybridized carbons (Fsp3) is 0.300. The molecule has 1 aromatic carbocycles. The van der Waals surface area contributed by atoms with Gasteiger partial charge in [-0.3, -0.25) is 9.78 Å². The summed E-state index contributed by atoms with van der Waals surface area (Å²) < 4.78 is 59.1. The molecule has 1 aliphatic heterocycles. The molecule has 3 aromatic heterocycles. The molecule has 0 bridgehead atoms. The van der Waals surface area contributed by atoms with Crippen molar-refractivity contribution >= 4 is 44.2 Å². The Hall–Kier alpha value is -4.23. The van der Waals surface area contributed by atoms with Crippen LogP contribution in [0, 0.1) is 11.6 Å². The van der Waals surface area contributed by atoms with Crippen molar-refractivity contribution in [1.82, 2.24) is 24.4 Å². The number of hydrogen-bond acceptors (Lipinski definition) is 8. The van der Waals surface area contributed by atoms with Crippen LogP contribution in [-0.4, -0.2) is 69.7 Å². The fourth-order valence-electron chi connectivity index (χ4n) is 5.69. The maximum absolute atomic E-state index is 15.9. The predicted molar refractivity (Wildman–Crippen MR) is 162 cm³/mol. The first-order chi connectivity index (χ1) is 21.0. The second-order valence-electron chi connectivity index (χ2n) is 10.8. The average Bonchev–Trinajstić information content (AvgIpc) is 2.96. The van der Waals surface area contributed by atoms with E-state index in [-0.39, 0.29) is 69.6 Å². The highest BCUT2D eigenvalue weighted by atomic mass is 35.5. The number of anilines is 1. The van der Waals surface area contributed by atoms with E-state index in [4.69, 9.17) is 11.6 Å². The average molecular weight is 641 g/mol. The Kier molecular flexibility index (Phi) is 7.70. The van der Waals surface area contributed by atoms with E-state index in [1.54, 1.807) is 9.80 Å². The summed E-state index contributed by atoms with van der Waals surface area (Å²) >= 11 is 6.28. The van der Waals surface area contributed by atoms with Crippen LogP contribution in [0.15, 0.2) is 65.1 Å². The summed E-state index contributed by atoms with van der Waals surface area (Å²) in [7, 11) is -3.87. The molecule has 10 nitrogen and oxygen atoms in total. The van der Waals surface area contributed by atoms with E-state index in [1.807, 2.05) is 6.92 Å². The molecule has 2 aliphatic rings. The third kappa shape index (κ3) is 4.93. The van der Waals surface area contributed by atoms with Gasteiger partial charge in [-0.2, -0.15) is 4.98 Å². The molecule has 2 fully saturated rings. The third-order valence-corrected chi connectivity index (χ3v) is 10.8. The van der Waals surface area contributed by atoms with Crippen molar-refractivity contribution in [3.63, 3.8) is 0 Å². The van der Waals surface area contributed by atoms with Crippen molar-refractivity contribution in [2.24, 2.45) is 0 Å². The zero-order chi connectivity index (χ0) is 31.3. The molecular weight excluding hydrogens is 614 g/mol. The highest BCUT2D eigenvalue weighted by Gasteiger charge is 2.36. The van der Waals surface area contributed by atoms with Crippen LogP contribution in [0.1, 0.15) is 26.2 Å². The minimum atomic E-state index is -3.87. The Bertz CT molecular complexity index is 1980. The lowest BCUT2D eigenvalue weighted by atomic mass is 10.00. The van der Waals surface area contributed by atoms with E-state index >= 15 is 8.78 Å². The van der Waals surface area contributed by atoms with Crippen LogP contribution in [0.5, 0.6) is 0 Å². The van der Waals surface area contributed by atoms with Gasteiger partial charge in [0.1, 0.15) is 17.3 Å². The highest BCUT2D eigenvalue weighted by Crippen LogP contribution is 2.37. The lowest BCUT2D eigenvalue weighted by molar-refractivity contribution is -0.126. The fourth-order valence-corrected chi connectivity index (χ4v) is 7.94. The van der Waals surface area contributed by atoms with Gasteiger partial charge in [-0.1, -0.05) is 30.7 Å². The van der Waals surface area contributed by atoms with Crippen molar-refractivity contribution < 1.29 is 22.0 Å². The normalized spacial score (nSPS) is 17.5. The number of benzene rings is 1. The minimum absolute atomic E-state index is 0.0736. The molecular formula is C30H27ClF2N6O4S. The summed E-state index contributed by atoms with van der Waals surface area (Å²) in [5, 5.41) is -0.652. The molecule has 6 rings (SSSR count). The first kappa shape index (κ1) is 29.8. The molecule has 0 spiro atoms. The monoisotopic (exact) mass is 640 g/mol. The third-order valence-electron chi connectivity index (χ3n) is 8.19. The topological polar surface area (TPSA) is 118 Å². The highest BCUT2D eigenvalue weighted by molar-refractivity contribution is 7.92. The molecule has 1 aliphatic carbocycles. The van der Waals surface area contributed by atoms with E-state index in [2.05, 4.69) is 21.5 Å². The number of aromatic nitrogens is 4. The van der Waals surface area contributed by atoms with E-state index in [0.717, 1.165) is 23.1 Å². The zero-order valence-corrected chi connectivity index (χ0v) is 25.2. The summed E-state index contributed by atoms with van der Waals surface area (Å²) in [5.41, 5.74) is -1.94. The lowest BCUT2D eigenvalue weighted by Crippen LogP contribution is -2.54. The lowest BCUT2D eigenvalue weighted by Gasteiger charge is -2.40. The maximum Gasteiger partial charge on any atom is 0.355 e. The molecule has 1 saturated carbocycles. The second kappa shape index (κ2) is 11.4. The maximum atomic E-state index is 15.9. The van der Waals surface area contributed by atoms with Crippen molar-refractivity contribution in [2.45, 2.75) is 42.4 Å². The van der Waals surface area contributed by atoms with Gasteiger partial charge in [0.05, 0.1) is 38.0 Å². The Morgan fingerprint density at radius 3 is 2.57 bits per heavy atom. The minimum Gasteiger partial charge on any atom is -0.350 e. The number of carbonyl (C=O) groups is 1. The second-order valence-corrected chi connectivity index (χ2v) is 13.4. The predicted octanol–water partition coefficient (Wildman–Crippen LogP) is 4.32. The molecule has 4 aromatic rings. The van der Waals surface area contributed by atoms with Crippen LogP contribution in [0.25, 0.3) is 28.0 Å². The van der Waals surface area contributed by atoms with Gasteiger partial charge in [0.2, 0.25) is 5.91 Å².